The summed E-state index contributed by atoms with van der Waals surface area (Å²) >= 11 is 4.30. The van der Waals surface area contributed by atoms with Gasteiger partial charge in [-0.2, -0.15) is 0 Å². The van der Waals surface area contributed by atoms with Crippen LogP contribution in [0.15, 0.2) is 40.9 Å². The maximum atomic E-state index is 13.8. The smallest absolute Gasteiger partial charge is 0.358 e. The highest BCUT2D eigenvalue weighted by Gasteiger charge is 2.25. The third kappa shape index (κ3) is 3.95. The largest absolute Gasteiger partial charge is 0.464 e. The number of hydrogen-bond acceptors (Lipinski definition) is 5. The van der Waals surface area contributed by atoms with Crippen molar-refractivity contribution in [1.82, 2.24) is 4.98 Å². The predicted octanol–water partition coefficient (Wildman–Crippen LogP) is 5.20. The predicted molar refractivity (Wildman–Crippen MR) is 106 cm³/mol. The Kier molecular flexibility index (Phi) is 5.85. The molecule has 0 aliphatic rings. The number of nitrogens with zero attached hydrogens (tertiary/aromatic N) is 1. The van der Waals surface area contributed by atoms with Gasteiger partial charge in [0.15, 0.2) is 10.7 Å². The van der Waals surface area contributed by atoms with Crippen LogP contribution in [0.25, 0.3) is 10.4 Å². The lowest BCUT2D eigenvalue weighted by atomic mass is 10.1. The minimum absolute atomic E-state index is 0.0483. The number of aromatic nitrogens is 1. The van der Waals surface area contributed by atoms with Gasteiger partial charge in [0.25, 0.3) is 5.91 Å². The molecule has 1 heterocycles. The van der Waals surface area contributed by atoms with Crippen molar-refractivity contribution in [3.63, 3.8) is 0 Å². The molecule has 3 rings (SSSR count). The molecule has 1 N–H and O–H groups in total. The number of nitrogens with one attached hydrogen (secondary N) is 1. The molecule has 144 valence electrons. The molecule has 2 aromatic carbocycles. The lowest BCUT2D eigenvalue weighted by molar-refractivity contribution is 0.0596. The maximum absolute atomic E-state index is 13.8. The third-order valence-electron chi connectivity index (χ3n) is 3.85. The molecule has 0 unspecified atom stereocenters. The number of thiazole rings is 1. The SMILES string of the molecule is COC(=O)c1nc(C(=O)Nc2c(F)cccc2F)sc1-c1cc(Br)ccc1C. The minimum Gasteiger partial charge on any atom is -0.464 e. The Labute approximate surface area is 171 Å². The fraction of sp³-hybridized carbons (Fsp3) is 0.105. The number of carbonyl (C=O) groups excluding carboxylic acids is 2. The highest BCUT2D eigenvalue weighted by Crippen LogP contribution is 2.35. The van der Waals surface area contributed by atoms with E-state index in [-0.39, 0.29) is 10.7 Å². The number of anilines is 1. The van der Waals surface area contributed by atoms with Gasteiger partial charge in [0.2, 0.25) is 0 Å². The molecule has 0 bridgehead atoms. The van der Waals surface area contributed by atoms with Gasteiger partial charge >= 0.3 is 5.97 Å². The normalized spacial score (nSPS) is 10.6. The number of methoxy groups -OCH3 is 1. The Hall–Kier alpha value is -2.65. The van der Waals surface area contributed by atoms with E-state index in [1.165, 1.54) is 13.2 Å². The van der Waals surface area contributed by atoms with Gasteiger partial charge in [-0.3, -0.25) is 4.79 Å². The van der Waals surface area contributed by atoms with Crippen LogP contribution >= 0.6 is 27.3 Å². The van der Waals surface area contributed by atoms with E-state index in [4.69, 9.17) is 4.74 Å². The van der Waals surface area contributed by atoms with Crippen LogP contribution in [0.2, 0.25) is 0 Å². The molecule has 0 saturated heterocycles. The Bertz CT molecular complexity index is 1060. The van der Waals surface area contributed by atoms with Crippen LogP contribution in [-0.2, 0) is 4.74 Å². The van der Waals surface area contributed by atoms with Crippen LogP contribution < -0.4 is 5.32 Å². The summed E-state index contributed by atoms with van der Waals surface area (Å²) in [5, 5.41) is 2.04. The van der Waals surface area contributed by atoms with Gasteiger partial charge in [-0.1, -0.05) is 28.1 Å². The van der Waals surface area contributed by atoms with Crippen LogP contribution in [0.3, 0.4) is 0 Å². The number of hydrogen-bond donors (Lipinski definition) is 1. The van der Waals surface area contributed by atoms with Crippen molar-refractivity contribution in [3.05, 3.63) is 68.8 Å². The second-order valence-corrected chi connectivity index (χ2v) is 7.61. The summed E-state index contributed by atoms with van der Waals surface area (Å²) < 4.78 is 33.1. The standard InChI is InChI=1S/C19H13BrF2N2O3S/c1-9-6-7-10(20)8-11(9)16-15(19(26)27-2)24-18(28-16)17(25)23-14-12(21)4-3-5-13(14)22/h3-8H,1-2H3,(H,23,25). The van der Waals surface area contributed by atoms with E-state index in [0.717, 1.165) is 33.5 Å². The van der Waals surface area contributed by atoms with E-state index < -0.39 is 29.2 Å². The Balaban J connectivity index is 2.06. The van der Waals surface area contributed by atoms with Gasteiger partial charge < -0.3 is 10.1 Å². The van der Waals surface area contributed by atoms with Crippen LogP contribution in [0, 0.1) is 18.6 Å². The Morgan fingerprint density at radius 2 is 1.86 bits per heavy atom. The number of amides is 1. The number of ether oxygens (including phenoxy) is 1. The molecule has 3 aromatic rings. The van der Waals surface area contributed by atoms with Gasteiger partial charge in [-0.05, 0) is 42.3 Å². The van der Waals surface area contributed by atoms with Crippen molar-refractivity contribution in [2.45, 2.75) is 6.92 Å². The lowest BCUT2D eigenvalue weighted by Gasteiger charge is -2.06. The molecule has 0 radical (unpaired) electrons. The van der Waals surface area contributed by atoms with Crippen molar-refractivity contribution < 1.29 is 23.1 Å². The molecular weight excluding hydrogens is 454 g/mol. The summed E-state index contributed by atoms with van der Waals surface area (Å²) in [6.07, 6.45) is 0. The number of benzene rings is 2. The number of rotatable bonds is 4. The van der Waals surface area contributed by atoms with E-state index in [2.05, 4.69) is 26.2 Å². The number of aryl methyl sites for hydroxylation is 1. The number of halogens is 3. The fourth-order valence-corrected chi connectivity index (χ4v) is 3.85. The highest BCUT2D eigenvalue weighted by molar-refractivity contribution is 9.10. The van der Waals surface area contributed by atoms with E-state index in [0.29, 0.717) is 10.4 Å². The van der Waals surface area contributed by atoms with Gasteiger partial charge in [-0.25, -0.2) is 18.6 Å². The summed E-state index contributed by atoms with van der Waals surface area (Å²) in [7, 11) is 1.20. The zero-order valence-electron chi connectivity index (χ0n) is 14.7. The lowest BCUT2D eigenvalue weighted by Crippen LogP contribution is -2.14. The minimum atomic E-state index is -0.916. The summed E-state index contributed by atoms with van der Waals surface area (Å²) in [5.41, 5.74) is 0.905. The van der Waals surface area contributed by atoms with Crippen LogP contribution in [0.5, 0.6) is 0 Å². The number of para-hydroxylation sites is 1. The fourth-order valence-electron chi connectivity index (χ4n) is 2.46. The van der Waals surface area contributed by atoms with Gasteiger partial charge in [0.1, 0.15) is 17.3 Å². The molecule has 0 aliphatic heterocycles. The average molecular weight is 467 g/mol. The van der Waals surface area contributed by atoms with Crippen LogP contribution in [-0.4, -0.2) is 24.0 Å². The summed E-state index contributed by atoms with van der Waals surface area (Å²) in [6, 6.07) is 8.70. The Morgan fingerprint density at radius 1 is 1.18 bits per heavy atom. The van der Waals surface area contributed by atoms with Gasteiger partial charge in [0, 0.05) is 4.47 Å². The molecule has 5 nitrogen and oxygen atoms in total. The van der Waals surface area contributed by atoms with Crippen molar-refractivity contribution in [2.24, 2.45) is 0 Å². The number of carbonyl (C=O) groups is 2. The van der Waals surface area contributed by atoms with Crippen LogP contribution in [0.1, 0.15) is 25.9 Å². The van der Waals surface area contributed by atoms with Crippen molar-refractivity contribution in [2.75, 3.05) is 12.4 Å². The quantitative estimate of drug-likeness (QED) is 0.536. The number of esters is 1. The first kappa shape index (κ1) is 20.1. The molecule has 0 atom stereocenters. The van der Waals surface area contributed by atoms with E-state index in [1.54, 1.807) is 6.07 Å². The second kappa shape index (κ2) is 8.15. The molecule has 0 spiro atoms. The van der Waals surface area contributed by atoms with Gasteiger partial charge in [-0.15, -0.1) is 11.3 Å². The topological polar surface area (TPSA) is 68.3 Å². The van der Waals surface area contributed by atoms with E-state index in [1.807, 2.05) is 19.1 Å². The molecule has 1 aromatic heterocycles. The third-order valence-corrected chi connectivity index (χ3v) is 5.43. The molecule has 28 heavy (non-hydrogen) atoms. The molecule has 9 heteroatoms. The van der Waals surface area contributed by atoms with E-state index in [9.17, 15) is 18.4 Å². The first-order valence-corrected chi connectivity index (χ1v) is 9.53. The molecule has 0 aliphatic carbocycles. The average Bonchev–Trinajstić information content (AvgIpc) is 3.11. The molecule has 0 fully saturated rings. The van der Waals surface area contributed by atoms with Crippen molar-refractivity contribution in [3.8, 4) is 10.4 Å². The van der Waals surface area contributed by atoms with Crippen molar-refractivity contribution in [1.29, 1.82) is 0 Å². The molecule has 1 amide bonds. The van der Waals surface area contributed by atoms with Crippen molar-refractivity contribution >= 4 is 44.8 Å². The first-order chi connectivity index (χ1) is 13.3. The summed E-state index contributed by atoms with van der Waals surface area (Å²) in [6.45, 7) is 1.84. The van der Waals surface area contributed by atoms with Gasteiger partial charge in [0.05, 0.1) is 12.0 Å². The molecular formula is C19H13BrF2N2O3S. The Morgan fingerprint density at radius 3 is 2.50 bits per heavy atom. The van der Waals surface area contributed by atoms with E-state index >= 15 is 0 Å². The summed E-state index contributed by atoms with van der Waals surface area (Å²) in [4.78, 5) is 29.2. The zero-order chi connectivity index (χ0) is 20.4. The van der Waals surface area contributed by atoms with Crippen LogP contribution in [0.4, 0.5) is 14.5 Å². The second-order valence-electron chi connectivity index (χ2n) is 5.70. The summed E-state index contributed by atoms with van der Waals surface area (Å²) in [5.74, 6) is -3.39. The molecule has 0 saturated carbocycles. The monoisotopic (exact) mass is 466 g/mol. The highest BCUT2D eigenvalue weighted by atomic mass is 79.9. The first-order valence-electron chi connectivity index (χ1n) is 7.93. The zero-order valence-corrected chi connectivity index (χ0v) is 17.1. The maximum Gasteiger partial charge on any atom is 0.358 e.